The standard InChI is InChI=1S/C17H19F3N4O/c1-11-2-4-13(5-3-11)24-15(17(18,19)20)14(9-22-24)16(25)23-7-6-12(8-21)10-23/h2-5,9,12H,6-8,10,21H2,1H3. The summed E-state index contributed by atoms with van der Waals surface area (Å²) in [6.07, 6.45) is -2.99. The molecule has 0 radical (unpaired) electrons. The van der Waals surface area contributed by atoms with Crippen LogP contribution in [0.25, 0.3) is 5.69 Å². The quantitative estimate of drug-likeness (QED) is 0.924. The lowest BCUT2D eigenvalue weighted by molar-refractivity contribution is -0.143. The molecule has 134 valence electrons. The van der Waals surface area contributed by atoms with Gasteiger partial charge < -0.3 is 10.6 Å². The fourth-order valence-electron chi connectivity index (χ4n) is 3.04. The number of rotatable bonds is 3. The van der Waals surface area contributed by atoms with Crippen molar-refractivity contribution >= 4 is 5.91 Å². The molecule has 1 saturated heterocycles. The number of carbonyl (C=O) groups excluding carboxylic acids is 1. The number of aryl methyl sites for hydroxylation is 1. The normalized spacial score (nSPS) is 18.0. The van der Waals surface area contributed by atoms with E-state index in [1.165, 1.54) is 4.90 Å². The fraction of sp³-hybridized carbons (Fsp3) is 0.412. The lowest BCUT2D eigenvalue weighted by atomic mass is 10.1. The maximum absolute atomic E-state index is 13.6. The van der Waals surface area contributed by atoms with Crippen LogP contribution in [0.5, 0.6) is 0 Å². The van der Waals surface area contributed by atoms with Crippen molar-refractivity contribution in [2.24, 2.45) is 11.7 Å². The van der Waals surface area contributed by atoms with Crippen molar-refractivity contribution < 1.29 is 18.0 Å². The van der Waals surface area contributed by atoms with Gasteiger partial charge in [-0.2, -0.15) is 18.3 Å². The van der Waals surface area contributed by atoms with E-state index in [9.17, 15) is 18.0 Å². The average molecular weight is 352 g/mol. The smallest absolute Gasteiger partial charge is 0.338 e. The first-order valence-electron chi connectivity index (χ1n) is 8.03. The highest BCUT2D eigenvalue weighted by molar-refractivity contribution is 5.95. The zero-order valence-corrected chi connectivity index (χ0v) is 13.8. The van der Waals surface area contributed by atoms with Crippen molar-refractivity contribution in [3.05, 3.63) is 47.3 Å². The van der Waals surface area contributed by atoms with Crippen LogP contribution in [0.3, 0.4) is 0 Å². The maximum Gasteiger partial charge on any atom is 0.434 e. The number of hydrogen-bond donors (Lipinski definition) is 1. The molecule has 1 aromatic heterocycles. The summed E-state index contributed by atoms with van der Waals surface area (Å²) >= 11 is 0. The van der Waals surface area contributed by atoms with Gasteiger partial charge in [-0.1, -0.05) is 17.7 Å². The summed E-state index contributed by atoms with van der Waals surface area (Å²) in [6.45, 7) is 3.04. The van der Waals surface area contributed by atoms with Gasteiger partial charge in [0.25, 0.3) is 5.91 Å². The van der Waals surface area contributed by atoms with Gasteiger partial charge in [0.05, 0.1) is 17.4 Å². The Morgan fingerprint density at radius 1 is 1.32 bits per heavy atom. The van der Waals surface area contributed by atoms with Crippen molar-refractivity contribution in [1.82, 2.24) is 14.7 Å². The zero-order valence-electron chi connectivity index (χ0n) is 13.8. The molecule has 1 unspecified atom stereocenters. The Kier molecular flexibility index (Phi) is 4.55. The van der Waals surface area contributed by atoms with Crippen LogP contribution < -0.4 is 5.73 Å². The lowest BCUT2D eigenvalue weighted by Gasteiger charge is -2.18. The molecule has 1 aliphatic rings. The predicted octanol–water partition coefficient (Wildman–Crippen LogP) is 2.62. The summed E-state index contributed by atoms with van der Waals surface area (Å²) in [7, 11) is 0. The molecule has 1 fully saturated rings. The molecule has 2 aromatic rings. The zero-order chi connectivity index (χ0) is 18.2. The van der Waals surface area contributed by atoms with Crippen LogP contribution >= 0.6 is 0 Å². The molecule has 1 aliphatic heterocycles. The van der Waals surface area contributed by atoms with Gasteiger partial charge in [-0.25, -0.2) is 4.68 Å². The second-order valence-electron chi connectivity index (χ2n) is 6.29. The Morgan fingerprint density at radius 2 is 2.00 bits per heavy atom. The number of carbonyl (C=O) groups is 1. The van der Waals surface area contributed by atoms with Gasteiger partial charge in [0.2, 0.25) is 0 Å². The summed E-state index contributed by atoms with van der Waals surface area (Å²) < 4.78 is 41.7. The molecule has 1 atom stereocenters. The topological polar surface area (TPSA) is 64.2 Å². The molecule has 0 bridgehead atoms. The van der Waals surface area contributed by atoms with Gasteiger partial charge in [-0.15, -0.1) is 0 Å². The molecule has 2 heterocycles. The van der Waals surface area contributed by atoms with E-state index in [1.807, 2.05) is 6.92 Å². The molecule has 0 spiro atoms. The third kappa shape index (κ3) is 3.39. The van der Waals surface area contributed by atoms with Crippen LogP contribution in [0.2, 0.25) is 0 Å². The van der Waals surface area contributed by atoms with Crippen LogP contribution in [0.1, 0.15) is 28.0 Å². The van der Waals surface area contributed by atoms with Crippen molar-refractivity contribution in [2.45, 2.75) is 19.5 Å². The molecule has 25 heavy (non-hydrogen) atoms. The van der Waals surface area contributed by atoms with E-state index in [1.54, 1.807) is 24.3 Å². The minimum Gasteiger partial charge on any atom is -0.338 e. The Hall–Kier alpha value is -2.35. The van der Waals surface area contributed by atoms with Gasteiger partial charge in [-0.3, -0.25) is 4.79 Å². The second-order valence-corrected chi connectivity index (χ2v) is 6.29. The fourth-order valence-corrected chi connectivity index (χ4v) is 3.04. The molecule has 0 aliphatic carbocycles. The van der Waals surface area contributed by atoms with E-state index >= 15 is 0 Å². The Balaban J connectivity index is 2.00. The van der Waals surface area contributed by atoms with Crippen molar-refractivity contribution in [2.75, 3.05) is 19.6 Å². The average Bonchev–Trinajstić information content (AvgIpc) is 3.21. The first-order valence-corrected chi connectivity index (χ1v) is 8.03. The van der Waals surface area contributed by atoms with Crippen molar-refractivity contribution in [3.8, 4) is 5.69 Å². The molecule has 2 N–H and O–H groups in total. The van der Waals surface area contributed by atoms with E-state index in [0.717, 1.165) is 16.4 Å². The number of aromatic nitrogens is 2. The molecule has 5 nitrogen and oxygen atoms in total. The third-order valence-electron chi connectivity index (χ3n) is 4.45. The number of likely N-dealkylation sites (tertiary alicyclic amines) is 1. The summed E-state index contributed by atoms with van der Waals surface area (Å²) in [5, 5.41) is 3.84. The molecule has 0 saturated carbocycles. The second kappa shape index (κ2) is 6.51. The Bertz CT molecular complexity index is 767. The molecular formula is C17H19F3N4O. The SMILES string of the molecule is Cc1ccc(-n2ncc(C(=O)N3CCC(CN)C3)c2C(F)(F)F)cc1. The third-order valence-corrected chi connectivity index (χ3v) is 4.45. The van der Waals surface area contributed by atoms with Gasteiger partial charge >= 0.3 is 6.18 Å². The number of alkyl halides is 3. The van der Waals surface area contributed by atoms with Gasteiger partial charge in [0.15, 0.2) is 5.69 Å². The number of hydrogen-bond acceptors (Lipinski definition) is 3. The lowest BCUT2D eigenvalue weighted by Crippen LogP contribution is -2.31. The Labute approximate surface area is 143 Å². The van der Waals surface area contributed by atoms with Crippen LogP contribution in [-0.2, 0) is 6.18 Å². The highest BCUT2D eigenvalue weighted by atomic mass is 19.4. The van der Waals surface area contributed by atoms with E-state index < -0.39 is 23.3 Å². The number of nitrogens with zero attached hydrogens (tertiary/aromatic N) is 3. The number of halogens is 3. The highest BCUT2D eigenvalue weighted by Crippen LogP contribution is 2.34. The minimum absolute atomic E-state index is 0.130. The molecule has 3 rings (SSSR count). The summed E-state index contributed by atoms with van der Waals surface area (Å²) in [5.74, 6) is -0.521. The minimum atomic E-state index is -4.70. The van der Waals surface area contributed by atoms with Crippen LogP contribution in [0, 0.1) is 12.8 Å². The number of nitrogens with two attached hydrogens (primary N) is 1. The van der Waals surface area contributed by atoms with E-state index in [0.29, 0.717) is 26.1 Å². The van der Waals surface area contributed by atoms with Crippen LogP contribution in [0.4, 0.5) is 13.2 Å². The van der Waals surface area contributed by atoms with E-state index in [-0.39, 0.29) is 11.6 Å². The number of benzene rings is 1. The number of amides is 1. The summed E-state index contributed by atoms with van der Waals surface area (Å²) in [5.41, 5.74) is 5.31. The van der Waals surface area contributed by atoms with E-state index in [4.69, 9.17) is 5.73 Å². The van der Waals surface area contributed by atoms with E-state index in [2.05, 4.69) is 5.10 Å². The summed E-state index contributed by atoms with van der Waals surface area (Å²) in [6, 6.07) is 6.49. The van der Waals surface area contributed by atoms with Gasteiger partial charge in [0, 0.05) is 13.1 Å². The Morgan fingerprint density at radius 3 is 2.56 bits per heavy atom. The first-order chi connectivity index (χ1) is 11.8. The first kappa shape index (κ1) is 17.5. The van der Waals surface area contributed by atoms with Gasteiger partial charge in [0.1, 0.15) is 0 Å². The monoisotopic (exact) mass is 352 g/mol. The highest BCUT2D eigenvalue weighted by Gasteiger charge is 2.42. The van der Waals surface area contributed by atoms with Gasteiger partial charge in [-0.05, 0) is 37.9 Å². The maximum atomic E-state index is 13.6. The molecule has 8 heteroatoms. The largest absolute Gasteiger partial charge is 0.434 e. The molecular weight excluding hydrogens is 333 g/mol. The molecule has 1 amide bonds. The van der Waals surface area contributed by atoms with Crippen LogP contribution in [-0.4, -0.2) is 40.2 Å². The van der Waals surface area contributed by atoms with Crippen molar-refractivity contribution in [3.63, 3.8) is 0 Å². The van der Waals surface area contributed by atoms with Crippen LogP contribution in [0.15, 0.2) is 30.5 Å². The molecule has 1 aromatic carbocycles. The van der Waals surface area contributed by atoms with Crippen molar-refractivity contribution in [1.29, 1.82) is 0 Å². The predicted molar refractivity (Wildman–Crippen MR) is 86.4 cm³/mol. The summed E-state index contributed by atoms with van der Waals surface area (Å²) in [4.78, 5) is 14.0.